The predicted molar refractivity (Wildman–Crippen MR) is 154 cm³/mol. The zero-order chi connectivity index (χ0) is 31.4. The summed E-state index contributed by atoms with van der Waals surface area (Å²) in [5, 5.41) is 14.6. The van der Waals surface area contributed by atoms with E-state index in [1.165, 1.54) is 37.4 Å². The molecule has 2 amide bonds. The molecule has 1 aliphatic carbocycles. The molecule has 2 atom stereocenters. The van der Waals surface area contributed by atoms with E-state index in [2.05, 4.69) is 15.3 Å². The molecule has 2 aliphatic rings. The Kier molecular flexibility index (Phi) is 7.37. The molecule has 1 saturated carbocycles. The van der Waals surface area contributed by atoms with Gasteiger partial charge in [-0.3, -0.25) is 14.6 Å². The molecule has 9 nitrogen and oxygen atoms in total. The molecular formula is C31H26ClF3N4O5. The second-order valence-electron chi connectivity index (χ2n) is 11.1. The van der Waals surface area contributed by atoms with Gasteiger partial charge in [-0.2, -0.15) is 0 Å². The third-order valence-electron chi connectivity index (χ3n) is 7.85. The minimum Gasteiger partial charge on any atom is -0.489 e. The smallest absolute Gasteiger partial charge is 0.274 e. The van der Waals surface area contributed by atoms with E-state index in [-0.39, 0.29) is 40.8 Å². The molecule has 2 unspecified atom stereocenters. The number of halogens is 4. The first-order chi connectivity index (χ1) is 20.9. The van der Waals surface area contributed by atoms with Crippen molar-refractivity contribution in [2.75, 3.05) is 13.2 Å². The summed E-state index contributed by atoms with van der Waals surface area (Å²) in [4.78, 5) is 34.3. The summed E-state index contributed by atoms with van der Waals surface area (Å²) in [6, 6.07) is 10.7. The van der Waals surface area contributed by atoms with Gasteiger partial charge in [0.05, 0.1) is 23.4 Å². The molecule has 4 N–H and O–H groups in total. The minimum atomic E-state index is -3.44. The van der Waals surface area contributed by atoms with E-state index in [0.717, 1.165) is 31.0 Å². The number of alkyl halides is 2. The largest absolute Gasteiger partial charge is 0.489 e. The van der Waals surface area contributed by atoms with Gasteiger partial charge in [0.15, 0.2) is 5.60 Å². The lowest BCUT2D eigenvalue weighted by atomic mass is 9.82. The summed E-state index contributed by atoms with van der Waals surface area (Å²) in [6.45, 7) is 0.314. The van der Waals surface area contributed by atoms with E-state index >= 15 is 0 Å². The first-order valence-corrected chi connectivity index (χ1v) is 14.1. The number of carbonyl (C=O) groups excluding carboxylic acids is 2. The SMILES string of the molecule is CC1(C(N)=O)COc2c1cc(C(O)(CNC(=O)c1cc(OC3CC3)c3ncc(Cl)cc3c1)C(F)F)nc2-c1ccc(F)cc1. The normalized spacial score (nSPS) is 18.9. The Hall–Kier alpha value is -4.42. The number of nitrogens with zero attached hydrogens (tertiary/aromatic N) is 2. The van der Waals surface area contributed by atoms with Crippen molar-refractivity contribution in [3.05, 3.63) is 82.4 Å². The third-order valence-corrected chi connectivity index (χ3v) is 8.06. The van der Waals surface area contributed by atoms with Crippen LogP contribution >= 0.6 is 11.6 Å². The summed E-state index contributed by atoms with van der Waals surface area (Å²) < 4.78 is 54.8. The van der Waals surface area contributed by atoms with Crippen LogP contribution in [-0.4, -0.2) is 52.6 Å². The Labute approximate surface area is 254 Å². The van der Waals surface area contributed by atoms with Crippen LogP contribution in [0.5, 0.6) is 11.5 Å². The first-order valence-electron chi connectivity index (χ1n) is 13.7. The van der Waals surface area contributed by atoms with Gasteiger partial charge in [0.25, 0.3) is 12.3 Å². The average molecular weight is 627 g/mol. The monoisotopic (exact) mass is 626 g/mol. The fraction of sp³-hybridized carbons (Fsp3) is 0.290. The lowest BCUT2D eigenvalue weighted by Gasteiger charge is -2.29. The zero-order valence-corrected chi connectivity index (χ0v) is 24.0. The van der Waals surface area contributed by atoms with Crippen LogP contribution in [-0.2, 0) is 15.8 Å². The van der Waals surface area contributed by atoms with Crippen molar-refractivity contribution in [1.29, 1.82) is 0 Å². The number of rotatable bonds is 9. The number of pyridine rings is 2. The van der Waals surface area contributed by atoms with E-state index in [1.807, 2.05) is 0 Å². The van der Waals surface area contributed by atoms with Crippen molar-refractivity contribution in [2.45, 2.75) is 43.3 Å². The second kappa shape index (κ2) is 10.9. The summed E-state index contributed by atoms with van der Waals surface area (Å²) in [7, 11) is 0. The van der Waals surface area contributed by atoms with Gasteiger partial charge in [0, 0.05) is 28.3 Å². The fourth-order valence-corrected chi connectivity index (χ4v) is 5.15. The number of primary amides is 1. The summed E-state index contributed by atoms with van der Waals surface area (Å²) in [5.41, 5.74) is 1.60. The number of nitrogens with one attached hydrogen (secondary N) is 1. The number of aromatic nitrogens is 2. The van der Waals surface area contributed by atoms with Gasteiger partial charge < -0.3 is 25.6 Å². The average Bonchev–Trinajstić information content (AvgIpc) is 3.75. The van der Waals surface area contributed by atoms with Crippen LogP contribution in [0.1, 0.15) is 41.4 Å². The highest BCUT2D eigenvalue weighted by Gasteiger charge is 2.48. The number of amides is 2. The molecule has 6 rings (SSSR count). The van der Waals surface area contributed by atoms with E-state index in [1.54, 1.807) is 6.07 Å². The topological polar surface area (TPSA) is 137 Å². The van der Waals surface area contributed by atoms with Crippen LogP contribution in [0.25, 0.3) is 22.2 Å². The molecule has 4 aromatic rings. The Morgan fingerprint density at radius 2 is 1.95 bits per heavy atom. The lowest BCUT2D eigenvalue weighted by molar-refractivity contribution is -0.123. The van der Waals surface area contributed by atoms with Crippen LogP contribution in [0.3, 0.4) is 0 Å². The summed E-state index contributed by atoms with van der Waals surface area (Å²) >= 11 is 6.11. The molecular weight excluding hydrogens is 601 g/mol. The molecule has 228 valence electrons. The minimum absolute atomic E-state index is 0.00588. The highest BCUT2D eigenvalue weighted by atomic mass is 35.5. The zero-order valence-electron chi connectivity index (χ0n) is 23.2. The van der Waals surface area contributed by atoms with E-state index < -0.39 is 47.3 Å². The molecule has 44 heavy (non-hydrogen) atoms. The maximum Gasteiger partial charge on any atom is 0.274 e. The number of hydrogen-bond acceptors (Lipinski definition) is 7. The number of aliphatic hydroxyl groups is 1. The van der Waals surface area contributed by atoms with Gasteiger partial charge in [-0.1, -0.05) is 11.6 Å². The van der Waals surface area contributed by atoms with Crippen LogP contribution in [0.4, 0.5) is 13.2 Å². The van der Waals surface area contributed by atoms with Gasteiger partial charge in [-0.15, -0.1) is 0 Å². The Morgan fingerprint density at radius 3 is 2.61 bits per heavy atom. The van der Waals surface area contributed by atoms with Gasteiger partial charge in [0.2, 0.25) is 5.91 Å². The molecule has 2 aromatic heterocycles. The van der Waals surface area contributed by atoms with E-state index in [0.29, 0.717) is 21.7 Å². The summed E-state index contributed by atoms with van der Waals surface area (Å²) in [5.74, 6) is -1.69. The second-order valence-corrected chi connectivity index (χ2v) is 11.6. The highest BCUT2D eigenvalue weighted by molar-refractivity contribution is 6.31. The lowest BCUT2D eigenvalue weighted by Crippen LogP contribution is -2.47. The van der Waals surface area contributed by atoms with Crippen molar-refractivity contribution < 1.29 is 37.3 Å². The van der Waals surface area contributed by atoms with Gasteiger partial charge in [-0.25, -0.2) is 18.2 Å². The van der Waals surface area contributed by atoms with Crippen LogP contribution in [0.15, 0.2) is 54.7 Å². The molecule has 0 saturated heterocycles. The number of nitrogens with two attached hydrogens (primary N) is 1. The maximum atomic E-state index is 14.7. The number of hydrogen-bond donors (Lipinski definition) is 3. The molecule has 2 aromatic carbocycles. The van der Waals surface area contributed by atoms with Crippen molar-refractivity contribution in [2.24, 2.45) is 5.73 Å². The quantitative estimate of drug-likeness (QED) is 0.246. The van der Waals surface area contributed by atoms with Gasteiger partial charge in [-0.05, 0) is 68.3 Å². The van der Waals surface area contributed by atoms with Crippen LogP contribution in [0.2, 0.25) is 5.02 Å². The predicted octanol–water partition coefficient (Wildman–Crippen LogP) is 4.65. The molecule has 1 fully saturated rings. The molecule has 0 spiro atoms. The van der Waals surface area contributed by atoms with Crippen molar-refractivity contribution in [3.63, 3.8) is 0 Å². The molecule has 0 radical (unpaired) electrons. The van der Waals surface area contributed by atoms with Crippen molar-refractivity contribution >= 4 is 34.3 Å². The van der Waals surface area contributed by atoms with Crippen molar-refractivity contribution in [1.82, 2.24) is 15.3 Å². The fourth-order valence-electron chi connectivity index (χ4n) is 4.99. The van der Waals surface area contributed by atoms with Gasteiger partial charge in [0.1, 0.15) is 40.5 Å². The number of carbonyl (C=O) groups is 2. The molecule has 0 bridgehead atoms. The number of ether oxygens (including phenoxy) is 2. The Morgan fingerprint density at radius 1 is 1.23 bits per heavy atom. The maximum absolute atomic E-state index is 14.7. The van der Waals surface area contributed by atoms with Crippen LogP contribution in [0, 0.1) is 5.82 Å². The number of benzene rings is 2. The van der Waals surface area contributed by atoms with E-state index in [4.69, 9.17) is 26.8 Å². The first kappa shape index (κ1) is 29.6. The third kappa shape index (κ3) is 5.28. The molecule has 1 aliphatic heterocycles. The Bertz CT molecular complexity index is 1800. The Balaban J connectivity index is 1.38. The molecule has 13 heteroatoms. The van der Waals surface area contributed by atoms with E-state index in [9.17, 15) is 27.9 Å². The summed E-state index contributed by atoms with van der Waals surface area (Å²) in [6.07, 6.45) is -0.315. The molecule has 3 heterocycles. The van der Waals surface area contributed by atoms with Gasteiger partial charge >= 0.3 is 0 Å². The number of fused-ring (bicyclic) bond motifs is 2. The van der Waals surface area contributed by atoms with Crippen molar-refractivity contribution in [3.8, 4) is 22.8 Å². The highest BCUT2D eigenvalue weighted by Crippen LogP contribution is 2.46. The van der Waals surface area contributed by atoms with Crippen LogP contribution < -0.4 is 20.5 Å². The standard InChI is InChI=1S/C31H26ClF3N4O5/c1-30(29(36)41)14-43-26-21(30)11-23(39-25(26)15-2-4-19(33)5-3-15)31(42,28(34)35)13-38-27(40)17-8-16-9-18(32)12-37-24(16)22(10-17)44-20-6-7-20/h2-5,8-12,20,28,42H,6-7,13-14H2,1H3,(H2,36,41)(H,38,40).